The van der Waals surface area contributed by atoms with Crippen LogP contribution in [0.15, 0.2) is 48.5 Å². The number of benzene rings is 2. The summed E-state index contributed by atoms with van der Waals surface area (Å²) in [6, 6.07) is 13.8. The highest BCUT2D eigenvalue weighted by atomic mass is 32.1. The first kappa shape index (κ1) is 16.7. The van der Waals surface area contributed by atoms with Crippen molar-refractivity contribution in [2.75, 3.05) is 0 Å². The van der Waals surface area contributed by atoms with E-state index in [0.29, 0.717) is 16.5 Å². The number of hydrogen-bond acceptors (Lipinski definition) is 3. The Morgan fingerprint density at radius 3 is 2.40 bits per heavy atom. The lowest BCUT2D eigenvalue weighted by Crippen LogP contribution is -2.14. The van der Waals surface area contributed by atoms with Crippen molar-refractivity contribution < 1.29 is 19.8 Å². The van der Waals surface area contributed by atoms with E-state index >= 15 is 0 Å². The number of carboxylic acids is 2. The Balaban J connectivity index is 2.24. The van der Waals surface area contributed by atoms with Gasteiger partial charge in [-0.1, -0.05) is 48.6 Å². The van der Waals surface area contributed by atoms with Crippen LogP contribution < -0.4 is 5.73 Å². The highest BCUT2D eigenvalue weighted by molar-refractivity contribution is 7.80. The van der Waals surface area contributed by atoms with Gasteiger partial charge in [-0.15, -0.1) is 0 Å². The van der Waals surface area contributed by atoms with Crippen LogP contribution in [0.1, 0.15) is 32.0 Å². The van der Waals surface area contributed by atoms with Gasteiger partial charge in [0, 0.05) is 23.0 Å². The Bertz CT molecular complexity index is 1020. The monoisotopic (exact) mass is 354 g/mol. The number of para-hydroxylation sites is 1. The first-order valence-electron chi connectivity index (χ1n) is 7.36. The van der Waals surface area contributed by atoms with Gasteiger partial charge in [0.05, 0.1) is 5.56 Å². The fraction of sp³-hybridized carbons (Fsp3) is 0.0556. The quantitative estimate of drug-likeness (QED) is 0.609. The van der Waals surface area contributed by atoms with Gasteiger partial charge in [0.15, 0.2) is 0 Å². The summed E-state index contributed by atoms with van der Waals surface area (Å²) in [5.74, 6) is -2.57. The maximum Gasteiger partial charge on any atom is 0.353 e. The summed E-state index contributed by atoms with van der Waals surface area (Å²) in [5.41, 5.74) is 7.15. The van der Waals surface area contributed by atoms with Crippen LogP contribution in [-0.2, 0) is 6.54 Å². The molecule has 0 bridgehead atoms. The Hall–Kier alpha value is -3.19. The van der Waals surface area contributed by atoms with E-state index in [9.17, 15) is 19.8 Å². The summed E-state index contributed by atoms with van der Waals surface area (Å²) in [7, 11) is 0. The fourth-order valence-corrected chi connectivity index (χ4v) is 3.04. The predicted octanol–water partition coefficient (Wildman–Crippen LogP) is 2.72. The molecular formula is C18H14N2O4S. The highest BCUT2D eigenvalue weighted by Crippen LogP contribution is 2.27. The Morgan fingerprint density at radius 2 is 1.76 bits per heavy atom. The Morgan fingerprint density at radius 1 is 1.04 bits per heavy atom. The van der Waals surface area contributed by atoms with Gasteiger partial charge in [-0.2, -0.15) is 0 Å². The summed E-state index contributed by atoms with van der Waals surface area (Å²) < 4.78 is 1.49. The highest BCUT2D eigenvalue weighted by Gasteiger charge is 2.26. The molecule has 0 saturated heterocycles. The van der Waals surface area contributed by atoms with E-state index in [0.717, 1.165) is 5.56 Å². The zero-order chi connectivity index (χ0) is 18.1. The summed E-state index contributed by atoms with van der Waals surface area (Å²) in [5, 5.41) is 19.5. The number of hydrogen-bond donors (Lipinski definition) is 3. The van der Waals surface area contributed by atoms with Gasteiger partial charge in [0.1, 0.15) is 10.7 Å². The minimum absolute atomic E-state index is 0.186. The van der Waals surface area contributed by atoms with E-state index in [2.05, 4.69) is 0 Å². The van der Waals surface area contributed by atoms with Gasteiger partial charge in [-0.05, 0) is 17.7 Å². The first-order valence-corrected chi connectivity index (χ1v) is 7.77. The maximum atomic E-state index is 11.8. The molecule has 6 nitrogen and oxygen atoms in total. The number of thiocarbonyl (C=S) groups is 1. The third-order valence-corrected chi connectivity index (χ3v) is 4.18. The zero-order valence-corrected chi connectivity index (χ0v) is 13.8. The maximum absolute atomic E-state index is 11.8. The van der Waals surface area contributed by atoms with Gasteiger partial charge >= 0.3 is 11.9 Å². The SMILES string of the molecule is NC(=S)c1cccc(Cn2c(C(=O)O)c(C(=O)O)c3ccccc32)c1. The standard InChI is InChI=1S/C18H14N2O4S/c19-16(25)11-5-3-4-10(8-11)9-20-13-7-2-1-6-12(13)14(17(21)22)15(20)18(23)24/h1-8H,9H2,(H2,19,25)(H,21,22)(H,23,24). The summed E-state index contributed by atoms with van der Waals surface area (Å²) in [4.78, 5) is 23.6. The first-order chi connectivity index (χ1) is 11.9. The summed E-state index contributed by atoms with van der Waals surface area (Å²) in [6.45, 7) is 0.186. The van der Waals surface area contributed by atoms with Crippen molar-refractivity contribution in [3.05, 3.63) is 70.9 Å². The lowest BCUT2D eigenvalue weighted by atomic mass is 10.1. The van der Waals surface area contributed by atoms with Crippen LogP contribution in [-0.4, -0.2) is 31.7 Å². The molecule has 2 aromatic carbocycles. The van der Waals surface area contributed by atoms with Crippen LogP contribution in [0.3, 0.4) is 0 Å². The van der Waals surface area contributed by atoms with Crippen molar-refractivity contribution in [1.82, 2.24) is 4.57 Å². The van der Waals surface area contributed by atoms with Crippen molar-refractivity contribution in [3.8, 4) is 0 Å². The topological polar surface area (TPSA) is 106 Å². The molecule has 0 spiro atoms. The number of aromatic carboxylic acids is 2. The van der Waals surface area contributed by atoms with Crippen LogP contribution in [0, 0.1) is 0 Å². The van der Waals surface area contributed by atoms with E-state index in [-0.39, 0.29) is 22.8 Å². The van der Waals surface area contributed by atoms with Gasteiger partial charge < -0.3 is 20.5 Å². The number of carbonyl (C=O) groups is 2. The molecule has 126 valence electrons. The van der Waals surface area contributed by atoms with E-state index < -0.39 is 11.9 Å². The average molecular weight is 354 g/mol. The predicted molar refractivity (Wildman–Crippen MR) is 97.3 cm³/mol. The molecular weight excluding hydrogens is 340 g/mol. The average Bonchev–Trinajstić information content (AvgIpc) is 2.90. The van der Waals surface area contributed by atoms with Crippen LogP contribution in [0.25, 0.3) is 10.9 Å². The molecule has 0 aliphatic rings. The van der Waals surface area contributed by atoms with Crippen molar-refractivity contribution in [2.45, 2.75) is 6.54 Å². The molecule has 0 saturated carbocycles. The minimum atomic E-state index is -1.29. The number of nitrogens with two attached hydrogens (primary N) is 1. The van der Waals surface area contributed by atoms with Gasteiger partial charge in [-0.3, -0.25) is 0 Å². The smallest absolute Gasteiger partial charge is 0.353 e. The fourth-order valence-electron chi connectivity index (χ4n) is 2.91. The molecule has 7 heteroatoms. The molecule has 4 N–H and O–H groups in total. The molecule has 0 radical (unpaired) electrons. The van der Waals surface area contributed by atoms with Gasteiger partial charge in [-0.25, -0.2) is 9.59 Å². The zero-order valence-electron chi connectivity index (χ0n) is 13.0. The number of nitrogens with zero attached hydrogens (tertiary/aromatic N) is 1. The second kappa shape index (κ2) is 6.37. The van der Waals surface area contributed by atoms with E-state index in [1.807, 2.05) is 6.07 Å². The molecule has 0 atom stereocenters. The third kappa shape index (κ3) is 2.97. The molecule has 3 rings (SSSR count). The van der Waals surface area contributed by atoms with Gasteiger partial charge in [0.2, 0.25) is 0 Å². The van der Waals surface area contributed by atoms with E-state index in [1.54, 1.807) is 42.5 Å². The van der Waals surface area contributed by atoms with Crippen LogP contribution >= 0.6 is 12.2 Å². The number of fused-ring (bicyclic) bond motifs is 1. The van der Waals surface area contributed by atoms with Gasteiger partial charge in [0.25, 0.3) is 0 Å². The Kier molecular flexibility index (Phi) is 4.24. The molecule has 0 amide bonds. The lowest BCUT2D eigenvalue weighted by Gasteiger charge is -2.10. The molecule has 3 aromatic rings. The Labute approximate surface area is 148 Å². The normalized spacial score (nSPS) is 10.7. The van der Waals surface area contributed by atoms with Crippen LogP contribution in [0.4, 0.5) is 0 Å². The second-order valence-electron chi connectivity index (χ2n) is 5.50. The molecule has 0 aliphatic heterocycles. The summed E-state index contributed by atoms with van der Waals surface area (Å²) in [6.07, 6.45) is 0. The summed E-state index contributed by atoms with van der Waals surface area (Å²) >= 11 is 4.97. The molecule has 0 unspecified atom stereocenters. The number of rotatable bonds is 5. The lowest BCUT2D eigenvalue weighted by molar-refractivity contribution is 0.0645. The number of aromatic nitrogens is 1. The third-order valence-electron chi connectivity index (χ3n) is 3.94. The van der Waals surface area contributed by atoms with Crippen LogP contribution in [0.5, 0.6) is 0 Å². The largest absolute Gasteiger partial charge is 0.478 e. The molecule has 1 aromatic heterocycles. The van der Waals surface area contributed by atoms with Crippen molar-refractivity contribution in [2.24, 2.45) is 5.73 Å². The molecule has 0 fully saturated rings. The van der Waals surface area contributed by atoms with Crippen molar-refractivity contribution >= 4 is 40.0 Å². The van der Waals surface area contributed by atoms with Crippen molar-refractivity contribution in [1.29, 1.82) is 0 Å². The minimum Gasteiger partial charge on any atom is -0.478 e. The van der Waals surface area contributed by atoms with E-state index in [1.165, 1.54) is 4.57 Å². The van der Waals surface area contributed by atoms with E-state index in [4.69, 9.17) is 18.0 Å². The molecule has 1 heterocycles. The molecule has 25 heavy (non-hydrogen) atoms. The number of carboxylic acid groups (broad SMARTS) is 2. The van der Waals surface area contributed by atoms with Crippen LogP contribution in [0.2, 0.25) is 0 Å². The second-order valence-corrected chi connectivity index (χ2v) is 5.94. The molecule has 0 aliphatic carbocycles. The van der Waals surface area contributed by atoms with Crippen molar-refractivity contribution in [3.63, 3.8) is 0 Å².